The fourth-order valence-electron chi connectivity index (χ4n) is 1.45. The van der Waals surface area contributed by atoms with Gasteiger partial charge in [-0.2, -0.15) is 0 Å². The highest BCUT2D eigenvalue weighted by Crippen LogP contribution is 2.23. The summed E-state index contributed by atoms with van der Waals surface area (Å²) in [6, 6.07) is 6.07. The van der Waals surface area contributed by atoms with Crippen molar-refractivity contribution in [2.75, 3.05) is 11.9 Å². The van der Waals surface area contributed by atoms with Crippen molar-refractivity contribution in [2.24, 2.45) is 5.92 Å². The van der Waals surface area contributed by atoms with Crippen LogP contribution in [-0.2, 0) is 0 Å². The molecule has 4 heteroatoms. The van der Waals surface area contributed by atoms with Crippen LogP contribution in [-0.4, -0.2) is 22.2 Å². The largest absolute Gasteiger partial charge is 0.388 e. The Kier molecular flexibility index (Phi) is 3.35. The summed E-state index contributed by atoms with van der Waals surface area (Å²) in [7, 11) is 0. The van der Waals surface area contributed by atoms with Gasteiger partial charge < -0.3 is 10.4 Å². The molecule has 0 aliphatic rings. The van der Waals surface area contributed by atoms with Gasteiger partial charge in [0.05, 0.1) is 21.3 Å². The number of aliphatic hydroxyl groups is 1. The van der Waals surface area contributed by atoms with Crippen molar-refractivity contribution >= 4 is 27.2 Å². The summed E-state index contributed by atoms with van der Waals surface area (Å²) in [5.74, 6) is 0.224. The molecule has 0 aliphatic heterocycles. The lowest BCUT2D eigenvalue weighted by molar-refractivity contribution is 0.0266. The van der Waals surface area contributed by atoms with E-state index in [1.54, 1.807) is 11.3 Å². The Labute approximate surface area is 106 Å². The lowest BCUT2D eigenvalue weighted by atomic mass is 9.92. The maximum absolute atomic E-state index is 10.2. The third kappa shape index (κ3) is 2.76. The molecule has 0 amide bonds. The summed E-state index contributed by atoms with van der Waals surface area (Å²) in [5, 5.41) is 13.4. The minimum Gasteiger partial charge on any atom is -0.388 e. The highest BCUT2D eigenvalue weighted by atomic mass is 32.1. The standard InChI is InChI=1S/C13H18N2OS/c1-9(2)13(3,16)7-14-10-4-5-11-12(6-10)17-8-15-11/h4-6,8-9,14,16H,7H2,1-3H3. The van der Waals surface area contributed by atoms with Gasteiger partial charge in [0.1, 0.15) is 0 Å². The number of aromatic nitrogens is 1. The van der Waals surface area contributed by atoms with E-state index >= 15 is 0 Å². The molecule has 0 fully saturated rings. The van der Waals surface area contributed by atoms with Crippen molar-refractivity contribution in [1.29, 1.82) is 0 Å². The zero-order valence-corrected chi connectivity index (χ0v) is 11.2. The molecule has 0 bridgehead atoms. The van der Waals surface area contributed by atoms with Crippen LogP contribution < -0.4 is 5.32 Å². The van der Waals surface area contributed by atoms with E-state index in [4.69, 9.17) is 0 Å². The smallest absolute Gasteiger partial charge is 0.0813 e. The van der Waals surface area contributed by atoms with Gasteiger partial charge in [0, 0.05) is 12.2 Å². The molecule has 1 atom stereocenters. The lowest BCUT2D eigenvalue weighted by Gasteiger charge is -2.28. The lowest BCUT2D eigenvalue weighted by Crippen LogP contribution is -2.38. The molecule has 92 valence electrons. The first kappa shape index (κ1) is 12.3. The average molecular weight is 250 g/mol. The molecule has 0 aliphatic carbocycles. The summed E-state index contributed by atoms with van der Waals surface area (Å²) in [6.45, 7) is 6.45. The second-order valence-corrected chi connectivity index (χ2v) is 5.79. The number of rotatable bonds is 4. The molecule has 2 N–H and O–H groups in total. The number of benzene rings is 1. The van der Waals surface area contributed by atoms with Gasteiger partial charge in [0.15, 0.2) is 0 Å². The number of nitrogens with one attached hydrogen (secondary N) is 1. The number of fused-ring (bicyclic) bond motifs is 1. The molecule has 1 unspecified atom stereocenters. The molecule has 0 radical (unpaired) electrons. The van der Waals surface area contributed by atoms with E-state index in [0.29, 0.717) is 6.54 Å². The topological polar surface area (TPSA) is 45.1 Å². The molecule has 17 heavy (non-hydrogen) atoms. The van der Waals surface area contributed by atoms with E-state index in [1.165, 1.54) is 4.70 Å². The van der Waals surface area contributed by atoms with E-state index in [2.05, 4.69) is 16.4 Å². The second-order valence-electron chi connectivity index (χ2n) is 4.90. The van der Waals surface area contributed by atoms with Crippen molar-refractivity contribution < 1.29 is 5.11 Å². The van der Waals surface area contributed by atoms with Crippen LogP contribution in [0.25, 0.3) is 10.2 Å². The van der Waals surface area contributed by atoms with Gasteiger partial charge in [-0.3, -0.25) is 0 Å². The number of thiazole rings is 1. The van der Waals surface area contributed by atoms with E-state index in [-0.39, 0.29) is 5.92 Å². The minimum absolute atomic E-state index is 0.224. The van der Waals surface area contributed by atoms with Crippen LogP contribution in [0.3, 0.4) is 0 Å². The predicted molar refractivity (Wildman–Crippen MR) is 73.6 cm³/mol. The number of anilines is 1. The van der Waals surface area contributed by atoms with E-state index in [9.17, 15) is 5.11 Å². The van der Waals surface area contributed by atoms with Crippen LogP contribution in [0, 0.1) is 5.92 Å². The summed E-state index contributed by atoms with van der Waals surface area (Å²) in [6.07, 6.45) is 0. The number of hydrogen-bond donors (Lipinski definition) is 2. The maximum Gasteiger partial charge on any atom is 0.0813 e. The monoisotopic (exact) mass is 250 g/mol. The summed E-state index contributed by atoms with van der Waals surface area (Å²) < 4.78 is 1.17. The molecular weight excluding hydrogens is 232 g/mol. The molecule has 0 saturated heterocycles. The molecule has 1 heterocycles. The molecule has 1 aromatic carbocycles. The zero-order chi connectivity index (χ0) is 12.5. The van der Waals surface area contributed by atoms with Crippen LogP contribution in [0.1, 0.15) is 20.8 Å². The van der Waals surface area contributed by atoms with Crippen molar-refractivity contribution in [1.82, 2.24) is 4.98 Å². The molecule has 2 aromatic rings. The van der Waals surface area contributed by atoms with Crippen LogP contribution in [0.15, 0.2) is 23.7 Å². The fourth-order valence-corrected chi connectivity index (χ4v) is 2.17. The highest BCUT2D eigenvalue weighted by molar-refractivity contribution is 7.16. The SMILES string of the molecule is CC(C)C(C)(O)CNc1ccc2ncsc2c1. The highest BCUT2D eigenvalue weighted by Gasteiger charge is 2.24. The first-order valence-corrected chi connectivity index (χ1v) is 6.66. The molecule has 0 saturated carbocycles. The fraction of sp³-hybridized carbons (Fsp3) is 0.462. The van der Waals surface area contributed by atoms with Gasteiger partial charge >= 0.3 is 0 Å². The van der Waals surface area contributed by atoms with Gasteiger partial charge in [0.2, 0.25) is 0 Å². The first-order chi connectivity index (χ1) is 7.99. The van der Waals surface area contributed by atoms with Crippen LogP contribution in [0.2, 0.25) is 0 Å². The van der Waals surface area contributed by atoms with Gasteiger partial charge in [0.25, 0.3) is 0 Å². The van der Waals surface area contributed by atoms with Gasteiger partial charge in [-0.05, 0) is 31.0 Å². The average Bonchev–Trinajstić information content (AvgIpc) is 2.73. The maximum atomic E-state index is 10.2. The summed E-state index contributed by atoms with van der Waals surface area (Å²) in [5.41, 5.74) is 3.21. The minimum atomic E-state index is -0.692. The third-order valence-corrected chi connectivity index (χ3v) is 4.02. The van der Waals surface area contributed by atoms with Gasteiger partial charge in [-0.15, -0.1) is 11.3 Å². The predicted octanol–water partition coefficient (Wildman–Crippen LogP) is 3.12. The van der Waals surface area contributed by atoms with Gasteiger partial charge in [-0.1, -0.05) is 13.8 Å². The Morgan fingerprint density at radius 1 is 1.47 bits per heavy atom. The summed E-state index contributed by atoms with van der Waals surface area (Å²) >= 11 is 1.63. The Bertz CT molecular complexity index is 505. The summed E-state index contributed by atoms with van der Waals surface area (Å²) in [4.78, 5) is 4.24. The zero-order valence-electron chi connectivity index (χ0n) is 10.4. The van der Waals surface area contributed by atoms with E-state index in [1.807, 2.05) is 38.4 Å². The first-order valence-electron chi connectivity index (χ1n) is 5.78. The van der Waals surface area contributed by atoms with Gasteiger partial charge in [-0.25, -0.2) is 4.98 Å². The molecule has 2 rings (SSSR count). The van der Waals surface area contributed by atoms with Crippen LogP contribution >= 0.6 is 11.3 Å². The second kappa shape index (κ2) is 4.63. The molecule has 3 nitrogen and oxygen atoms in total. The Morgan fingerprint density at radius 3 is 2.94 bits per heavy atom. The third-order valence-electron chi connectivity index (χ3n) is 3.23. The normalized spacial score (nSPS) is 15.1. The van der Waals surface area contributed by atoms with Crippen LogP contribution in [0.4, 0.5) is 5.69 Å². The van der Waals surface area contributed by atoms with Crippen molar-refractivity contribution in [2.45, 2.75) is 26.4 Å². The Hall–Kier alpha value is -1.13. The molecule has 0 spiro atoms. The van der Waals surface area contributed by atoms with Crippen LogP contribution in [0.5, 0.6) is 0 Å². The quantitative estimate of drug-likeness (QED) is 0.876. The Balaban J connectivity index is 2.08. The molecular formula is C13H18N2OS. The molecule has 1 aromatic heterocycles. The van der Waals surface area contributed by atoms with Crippen molar-refractivity contribution in [3.8, 4) is 0 Å². The number of nitrogens with zero attached hydrogens (tertiary/aromatic N) is 1. The van der Waals surface area contributed by atoms with E-state index in [0.717, 1.165) is 11.2 Å². The van der Waals surface area contributed by atoms with Crippen molar-refractivity contribution in [3.05, 3.63) is 23.7 Å². The van der Waals surface area contributed by atoms with E-state index < -0.39 is 5.60 Å². The number of hydrogen-bond acceptors (Lipinski definition) is 4. The van der Waals surface area contributed by atoms with Crippen molar-refractivity contribution in [3.63, 3.8) is 0 Å². The Morgan fingerprint density at radius 2 is 2.24 bits per heavy atom.